The van der Waals surface area contributed by atoms with Crippen LogP contribution in [0.1, 0.15) is 31.1 Å². The summed E-state index contributed by atoms with van der Waals surface area (Å²) in [6.07, 6.45) is 0. The Labute approximate surface area is 164 Å². The van der Waals surface area contributed by atoms with Gasteiger partial charge in [0.1, 0.15) is 0 Å². The van der Waals surface area contributed by atoms with E-state index >= 15 is 0 Å². The third-order valence-electron chi connectivity index (χ3n) is 3.59. The fourth-order valence-electron chi connectivity index (χ4n) is 2.30. The second-order valence-electron chi connectivity index (χ2n) is 7.56. The summed E-state index contributed by atoms with van der Waals surface area (Å²) < 4.78 is 5.04. The standard InChI is InChI=1S/C18H28N4O6/c1-18(2,3)19-15(23)10-21(6)16(24)11-28-17(25)13-9-12(22(26)27)7-8-14(13)20(4)5/h7-9,22,26H,10-11H2,1-6H3,(H,19,23). The Balaban J connectivity index is 2.77. The van der Waals surface area contributed by atoms with Gasteiger partial charge in [0.05, 0.1) is 17.8 Å². The summed E-state index contributed by atoms with van der Waals surface area (Å²) in [5.74, 6) is -1.72. The van der Waals surface area contributed by atoms with Crippen LogP contribution in [0.25, 0.3) is 0 Å². The highest BCUT2D eigenvalue weighted by atomic mass is 16.8. The van der Waals surface area contributed by atoms with Gasteiger partial charge in [-0.15, -0.1) is 0 Å². The zero-order valence-corrected chi connectivity index (χ0v) is 17.0. The summed E-state index contributed by atoms with van der Waals surface area (Å²) in [6.45, 7) is 4.72. The van der Waals surface area contributed by atoms with Gasteiger partial charge in [-0.1, -0.05) is 0 Å². The number of quaternary nitrogens is 1. The maximum atomic E-state index is 12.4. The molecule has 0 bridgehead atoms. The van der Waals surface area contributed by atoms with E-state index in [1.54, 1.807) is 19.0 Å². The molecule has 10 nitrogen and oxygen atoms in total. The predicted molar refractivity (Wildman–Crippen MR) is 102 cm³/mol. The zero-order chi connectivity index (χ0) is 21.6. The molecular formula is C18H28N4O6. The third-order valence-corrected chi connectivity index (χ3v) is 3.59. The molecule has 10 heteroatoms. The van der Waals surface area contributed by atoms with E-state index in [1.807, 2.05) is 20.8 Å². The molecule has 1 unspecified atom stereocenters. The zero-order valence-electron chi connectivity index (χ0n) is 17.0. The predicted octanol–water partition coefficient (Wildman–Crippen LogP) is -0.314. The van der Waals surface area contributed by atoms with Crippen molar-refractivity contribution in [1.82, 2.24) is 10.2 Å². The first-order valence-corrected chi connectivity index (χ1v) is 8.58. The van der Waals surface area contributed by atoms with E-state index in [1.165, 1.54) is 25.2 Å². The van der Waals surface area contributed by atoms with Gasteiger partial charge in [-0.05, 0) is 26.8 Å². The maximum Gasteiger partial charge on any atom is 0.340 e. The quantitative estimate of drug-likeness (QED) is 0.426. The Hall–Kier alpha value is -2.69. The molecule has 0 saturated carbocycles. The molecule has 1 aromatic carbocycles. The number of amides is 2. The van der Waals surface area contributed by atoms with Gasteiger partial charge in [0, 0.05) is 38.8 Å². The summed E-state index contributed by atoms with van der Waals surface area (Å²) >= 11 is 0. The maximum absolute atomic E-state index is 12.4. The van der Waals surface area contributed by atoms with Crippen LogP contribution in [-0.2, 0) is 14.3 Å². The van der Waals surface area contributed by atoms with E-state index in [9.17, 15) is 19.6 Å². The van der Waals surface area contributed by atoms with Crippen LogP contribution in [0.4, 0.5) is 11.4 Å². The molecule has 156 valence electrons. The number of carbonyl (C=O) groups is 3. The molecule has 0 fully saturated rings. The first-order chi connectivity index (χ1) is 12.8. The van der Waals surface area contributed by atoms with Crippen molar-refractivity contribution in [3.8, 4) is 0 Å². The van der Waals surface area contributed by atoms with Crippen LogP contribution in [0, 0.1) is 5.21 Å². The second kappa shape index (κ2) is 9.49. The number of likely N-dealkylation sites (N-methyl/N-ethyl adjacent to an activating group) is 1. The highest BCUT2D eigenvalue weighted by Crippen LogP contribution is 2.22. The van der Waals surface area contributed by atoms with Gasteiger partial charge >= 0.3 is 5.97 Å². The van der Waals surface area contributed by atoms with Crippen molar-refractivity contribution in [3.05, 3.63) is 29.0 Å². The molecule has 28 heavy (non-hydrogen) atoms. The minimum atomic E-state index is -1.18. The van der Waals surface area contributed by atoms with Gasteiger partial charge in [-0.2, -0.15) is 5.23 Å². The van der Waals surface area contributed by atoms with Crippen molar-refractivity contribution in [3.63, 3.8) is 0 Å². The summed E-state index contributed by atoms with van der Waals surface area (Å²) in [4.78, 5) is 39.2. The van der Waals surface area contributed by atoms with Gasteiger partial charge in [0.25, 0.3) is 5.91 Å². The number of rotatable bonds is 7. The van der Waals surface area contributed by atoms with Crippen LogP contribution in [0.15, 0.2) is 18.2 Å². The Morgan fingerprint density at radius 1 is 1.21 bits per heavy atom. The van der Waals surface area contributed by atoms with E-state index in [4.69, 9.17) is 9.94 Å². The monoisotopic (exact) mass is 396 g/mol. The number of nitrogens with one attached hydrogen (secondary N) is 2. The molecule has 3 N–H and O–H groups in total. The SMILES string of the molecule is CN(CC(=O)NC(C)(C)C)C(=O)COC(=O)c1cc([NH+]([O-])O)ccc1N(C)C. The molecule has 1 rings (SSSR count). The Kier molecular flexibility index (Phi) is 7.91. The van der Waals surface area contributed by atoms with Crippen molar-refractivity contribution >= 4 is 29.2 Å². The average Bonchev–Trinajstić information content (AvgIpc) is 2.56. The van der Waals surface area contributed by atoms with Crippen molar-refractivity contribution in [2.45, 2.75) is 26.3 Å². The number of anilines is 1. The van der Waals surface area contributed by atoms with Gasteiger partial charge in [0.2, 0.25) is 5.91 Å². The Morgan fingerprint density at radius 2 is 1.82 bits per heavy atom. The lowest BCUT2D eigenvalue weighted by Crippen LogP contribution is -2.99. The van der Waals surface area contributed by atoms with E-state index in [0.29, 0.717) is 5.69 Å². The molecule has 1 aromatic rings. The van der Waals surface area contributed by atoms with E-state index in [0.717, 1.165) is 4.90 Å². The normalized spacial score (nSPS) is 12.1. The topological polar surface area (TPSA) is 127 Å². The first-order valence-electron chi connectivity index (χ1n) is 8.58. The highest BCUT2D eigenvalue weighted by molar-refractivity contribution is 5.97. The molecule has 2 amide bonds. The van der Waals surface area contributed by atoms with Crippen LogP contribution in [-0.4, -0.2) is 67.7 Å². The average molecular weight is 396 g/mol. The number of hydrogen-bond acceptors (Lipinski definition) is 7. The van der Waals surface area contributed by atoms with Crippen LogP contribution in [0.2, 0.25) is 0 Å². The number of esters is 1. The lowest BCUT2D eigenvalue weighted by atomic mass is 10.1. The van der Waals surface area contributed by atoms with Gasteiger partial charge < -0.3 is 25.1 Å². The molecule has 0 spiro atoms. The Morgan fingerprint density at radius 3 is 2.32 bits per heavy atom. The molecule has 0 aromatic heterocycles. The molecule has 1 atom stereocenters. The smallest absolute Gasteiger partial charge is 0.340 e. The fourth-order valence-corrected chi connectivity index (χ4v) is 2.30. The number of hydrogen-bond donors (Lipinski definition) is 3. The van der Waals surface area contributed by atoms with Gasteiger partial charge in [0.15, 0.2) is 12.3 Å². The molecule has 0 aliphatic rings. The van der Waals surface area contributed by atoms with Gasteiger partial charge in [-0.25, -0.2) is 10.0 Å². The molecule has 0 radical (unpaired) electrons. The molecule has 0 aliphatic carbocycles. The highest BCUT2D eigenvalue weighted by Gasteiger charge is 2.21. The molecular weight excluding hydrogens is 368 g/mol. The van der Waals surface area contributed by atoms with Crippen LogP contribution < -0.4 is 15.4 Å². The summed E-state index contributed by atoms with van der Waals surface area (Å²) in [5, 5.41) is 21.8. The lowest BCUT2D eigenvalue weighted by molar-refractivity contribution is -0.991. The Bertz CT molecular complexity index is 727. The largest absolute Gasteiger partial charge is 0.595 e. The minimum Gasteiger partial charge on any atom is -0.595 e. The first kappa shape index (κ1) is 23.3. The summed E-state index contributed by atoms with van der Waals surface area (Å²) in [6, 6.07) is 4.07. The lowest BCUT2D eigenvalue weighted by Gasteiger charge is -2.23. The number of carbonyl (C=O) groups excluding carboxylic acids is 3. The fraction of sp³-hybridized carbons (Fsp3) is 0.500. The molecule has 0 saturated heterocycles. The minimum absolute atomic E-state index is 0.0332. The summed E-state index contributed by atoms with van der Waals surface area (Å²) in [5.41, 5.74) is -0.00317. The molecule has 0 aliphatic heterocycles. The molecule has 0 heterocycles. The van der Waals surface area contributed by atoms with Crippen molar-refractivity contribution < 1.29 is 29.6 Å². The van der Waals surface area contributed by atoms with E-state index in [-0.39, 0.29) is 23.7 Å². The van der Waals surface area contributed by atoms with E-state index < -0.39 is 29.2 Å². The van der Waals surface area contributed by atoms with Crippen LogP contribution in [0.5, 0.6) is 0 Å². The van der Waals surface area contributed by atoms with Gasteiger partial charge in [-0.3, -0.25) is 9.59 Å². The van der Waals surface area contributed by atoms with Crippen molar-refractivity contribution in [2.75, 3.05) is 39.2 Å². The van der Waals surface area contributed by atoms with Crippen molar-refractivity contribution in [2.24, 2.45) is 0 Å². The summed E-state index contributed by atoms with van der Waals surface area (Å²) in [7, 11) is 4.81. The van der Waals surface area contributed by atoms with Crippen LogP contribution >= 0.6 is 0 Å². The second-order valence-corrected chi connectivity index (χ2v) is 7.56. The van der Waals surface area contributed by atoms with E-state index in [2.05, 4.69) is 5.32 Å². The number of benzene rings is 1. The van der Waals surface area contributed by atoms with Crippen molar-refractivity contribution in [1.29, 1.82) is 0 Å². The van der Waals surface area contributed by atoms with Crippen LogP contribution in [0.3, 0.4) is 0 Å². The third kappa shape index (κ3) is 7.14. The number of nitrogens with zero attached hydrogens (tertiary/aromatic N) is 2. The number of ether oxygens (including phenoxy) is 1.